The van der Waals surface area contributed by atoms with E-state index in [2.05, 4.69) is 36.9 Å². The molecule has 106 valence electrons. The van der Waals surface area contributed by atoms with Crippen LogP contribution in [0.5, 0.6) is 0 Å². The van der Waals surface area contributed by atoms with Gasteiger partial charge in [-0.1, -0.05) is 32.0 Å². The molecule has 1 aliphatic carbocycles. The van der Waals surface area contributed by atoms with Crippen molar-refractivity contribution in [3.05, 3.63) is 34.9 Å². The van der Waals surface area contributed by atoms with Gasteiger partial charge in [0.25, 0.3) is 0 Å². The number of hydrogen-bond acceptors (Lipinski definition) is 2. The van der Waals surface area contributed by atoms with Crippen LogP contribution in [0.4, 0.5) is 0 Å². The molecule has 0 aromatic heterocycles. The Morgan fingerprint density at radius 2 is 1.79 bits per heavy atom. The van der Waals surface area contributed by atoms with Crippen LogP contribution in [0.25, 0.3) is 0 Å². The molecular formula is C17H28N2. The molecule has 1 aliphatic rings. The van der Waals surface area contributed by atoms with Gasteiger partial charge in [0.2, 0.25) is 0 Å². The number of hydrogen-bond donors (Lipinski definition) is 1. The molecule has 0 bridgehead atoms. The summed E-state index contributed by atoms with van der Waals surface area (Å²) in [6, 6.07) is 7.08. The van der Waals surface area contributed by atoms with Crippen molar-refractivity contribution in [1.29, 1.82) is 0 Å². The third-order valence-electron chi connectivity index (χ3n) is 4.50. The van der Waals surface area contributed by atoms with Crippen molar-refractivity contribution in [2.45, 2.75) is 45.4 Å². The molecule has 0 saturated heterocycles. The van der Waals surface area contributed by atoms with Crippen LogP contribution in [0.3, 0.4) is 0 Å². The maximum atomic E-state index is 6.01. The van der Waals surface area contributed by atoms with Gasteiger partial charge in [-0.05, 0) is 55.5 Å². The van der Waals surface area contributed by atoms with Crippen LogP contribution in [-0.2, 0) is 12.8 Å². The van der Waals surface area contributed by atoms with Crippen molar-refractivity contribution in [3.8, 4) is 0 Å². The fourth-order valence-electron chi connectivity index (χ4n) is 3.12. The third-order valence-corrected chi connectivity index (χ3v) is 4.50. The largest absolute Gasteiger partial charge is 0.330 e. The first kappa shape index (κ1) is 14.5. The summed E-state index contributed by atoms with van der Waals surface area (Å²) in [6.07, 6.45) is 5.22. The second kappa shape index (κ2) is 7.06. The van der Waals surface area contributed by atoms with Gasteiger partial charge in [0, 0.05) is 19.0 Å². The summed E-state index contributed by atoms with van der Waals surface area (Å²) in [7, 11) is 0. The maximum Gasteiger partial charge on any atom is 0.00889 e. The zero-order valence-corrected chi connectivity index (χ0v) is 12.5. The molecule has 0 fully saturated rings. The van der Waals surface area contributed by atoms with Gasteiger partial charge in [0.05, 0.1) is 0 Å². The third kappa shape index (κ3) is 3.58. The van der Waals surface area contributed by atoms with E-state index in [0.717, 1.165) is 26.2 Å². The van der Waals surface area contributed by atoms with Crippen molar-refractivity contribution in [2.24, 2.45) is 5.73 Å². The van der Waals surface area contributed by atoms with Gasteiger partial charge in [-0.2, -0.15) is 0 Å². The van der Waals surface area contributed by atoms with Gasteiger partial charge in [0.15, 0.2) is 0 Å². The zero-order valence-electron chi connectivity index (χ0n) is 12.5. The first-order valence-corrected chi connectivity index (χ1v) is 7.82. The smallest absolute Gasteiger partial charge is 0.00889 e. The summed E-state index contributed by atoms with van der Waals surface area (Å²) in [5.74, 6) is 0.479. The molecular weight excluding hydrogens is 232 g/mol. The molecule has 0 radical (unpaired) electrons. The lowest BCUT2D eigenvalue weighted by Gasteiger charge is -2.26. The summed E-state index contributed by atoms with van der Waals surface area (Å²) >= 11 is 0. The molecule has 0 amide bonds. The van der Waals surface area contributed by atoms with E-state index in [1.165, 1.54) is 31.2 Å². The van der Waals surface area contributed by atoms with Crippen LogP contribution in [0.2, 0.25) is 0 Å². The summed E-state index contributed by atoms with van der Waals surface area (Å²) < 4.78 is 0. The molecule has 1 atom stereocenters. The van der Waals surface area contributed by atoms with Crippen LogP contribution in [0, 0.1) is 0 Å². The fraction of sp³-hybridized carbons (Fsp3) is 0.647. The fourth-order valence-corrected chi connectivity index (χ4v) is 3.12. The van der Waals surface area contributed by atoms with E-state index in [1.54, 1.807) is 11.1 Å². The van der Waals surface area contributed by atoms with E-state index in [0.29, 0.717) is 5.92 Å². The molecule has 19 heavy (non-hydrogen) atoms. The Kier molecular flexibility index (Phi) is 5.41. The van der Waals surface area contributed by atoms with Gasteiger partial charge in [0.1, 0.15) is 0 Å². The Morgan fingerprint density at radius 3 is 2.42 bits per heavy atom. The minimum atomic E-state index is 0.479. The Labute approximate surface area is 118 Å². The normalized spacial score (nSPS) is 16.4. The minimum absolute atomic E-state index is 0.479. The van der Waals surface area contributed by atoms with Crippen LogP contribution in [0.15, 0.2) is 18.2 Å². The van der Waals surface area contributed by atoms with Gasteiger partial charge in [-0.15, -0.1) is 0 Å². The van der Waals surface area contributed by atoms with Crippen molar-refractivity contribution in [3.63, 3.8) is 0 Å². The molecule has 1 unspecified atom stereocenters. The maximum absolute atomic E-state index is 6.01. The first-order valence-electron chi connectivity index (χ1n) is 7.82. The topological polar surface area (TPSA) is 29.3 Å². The molecule has 1 aromatic rings. The molecule has 0 aliphatic heterocycles. The summed E-state index contributed by atoms with van der Waals surface area (Å²) in [6.45, 7) is 8.50. The van der Waals surface area contributed by atoms with E-state index >= 15 is 0 Å². The predicted octanol–water partition coefficient (Wildman–Crippen LogP) is 2.95. The van der Waals surface area contributed by atoms with Gasteiger partial charge < -0.3 is 10.6 Å². The number of likely N-dealkylation sites (N-methyl/N-ethyl adjacent to an activating group) is 1. The number of nitrogens with two attached hydrogens (primary N) is 1. The molecule has 2 N–H and O–H groups in total. The second-order valence-electron chi connectivity index (χ2n) is 5.65. The molecule has 2 heteroatoms. The molecule has 1 aromatic carbocycles. The minimum Gasteiger partial charge on any atom is -0.330 e. The number of fused-ring (bicyclic) bond motifs is 1. The second-order valence-corrected chi connectivity index (χ2v) is 5.65. The van der Waals surface area contributed by atoms with Gasteiger partial charge >= 0.3 is 0 Å². The molecule has 0 spiro atoms. The van der Waals surface area contributed by atoms with Gasteiger partial charge in [-0.3, -0.25) is 0 Å². The van der Waals surface area contributed by atoms with E-state index in [9.17, 15) is 0 Å². The monoisotopic (exact) mass is 260 g/mol. The zero-order chi connectivity index (χ0) is 13.7. The van der Waals surface area contributed by atoms with E-state index in [-0.39, 0.29) is 0 Å². The van der Waals surface area contributed by atoms with E-state index in [1.807, 2.05) is 0 Å². The number of rotatable bonds is 6. The van der Waals surface area contributed by atoms with Crippen LogP contribution >= 0.6 is 0 Å². The van der Waals surface area contributed by atoms with Crippen LogP contribution in [0.1, 0.15) is 49.3 Å². The van der Waals surface area contributed by atoms with Crippen molar-refractivity contribution < 1.29 is 0 Å². The highest BCUT2D eigenvalue weighted by molar-refractivity contribution is 5.35. The number of nitrogens with zero attached hydrogens (tertiary/aromatic N) is 1. The van der Waals surface area contributed by atoms with E-state index in [4.69, 9.17) is 5.73 Å². The van der Waals surface area contributed by atoms with Crippen molar-refractivity contribution in [2.75, 3.05) is 26.2 Å². The van der Waals surface area contributed by atoms with E-state index < -0.39 is 0 Å². The molecule has 0 heterocycles. The quantitative estimate of drug-likeness (QED) is 0.852. The molecule has 2 rings (SSSR count). The standard InChI is InChI=1S/C17H28N2/c1-3-19(4-2)13-17(12-18)16-10-9-14-7-5-6-8-15(14)11-16/h9-11,17H,3-8,12-13,18H2,1-2H3. The SMILES string of the molecule is CCN(CC)CC(CN)c1ccc2c(c1)CCCC2. The average Bonchev–Trinajstić information content (AvgIpc) is 2.48. The lowest BCUT2D eigenvalue weighted by molar-refractivity contribution is 0.284. The highest BCUT2D eigenvalue weighted by atomic mass is 15.1. The molecule has 2 nitrogen and oxygen atoms in total. The molecule has 0 saturated carbocycles. The summed E-state index contributed by atoms with van der Waals surface area (Å²) in [5, 5.41) is 0. The number of aryl methyl sites for hydroxylation is 2. The number of benzene rings is 1. The Hall–Kier alpha value is -0.860. The van der Waals surface area contributed by atoms with Crippen LogP contribution < -0.4 is 5.73 Å². The van der Waals surface area contributed by atoms with Gasteiger partial charge in [-0.25, -0.2) is 0 Å². The Bertz CT molecular complexity index is 396. The van der Waals surface area contributed by atoms with Crippen molar-refractivity contribution in [1.82, 2.24) is 4.90 Å². The van der Waals surface area contributed by atoms with Crippen LogP contribution in [-0.4, -0.2) is 31.1 Å². The summed E-state index contributed by atoms with van der Waals surface area (Å²) in [5.41, 5.74) is 10.6. The highest BCUT2D eigenvalue weighted by Gasteiger charge is 2.16. The Balaban J connectivity index is 2.14. The lowest BCUT2D eigenvalue weighted by atomic mass is 9.87. The highest BCUT2D eigenvalue weighted by Crippen LogP contribution is 2.25. The Morgan fingerprint density at radius 1 is 1.11 bits per heavy atom. The lowest BCUT2D eigenvalue weighted by Crippen LogP contribution is -2.31. The summed E-state index contributed by atoms with van der Waals surface area (Å²) in [4.78, 5) is 2.47. The predicted molar refractivity (Wildman–Crippen MR) is 82.7 cm³/mol. The van der Waals surface area contributed by atoms with Crippen molar-refractivity contribution >= 4 is 0 Å². The average molecular weight is 260 g/mol. The first-order chi connectivity index (χ1) is 9.28.